The van der Waals surface area contributed by atoms with Gasteiger partial charge in [0, 0.05) is 12.8 Å². The van der Waals surface area contributed by atoms with Gasteiger partial charge in [-0.3, -0.25) is 9.59 Å². The maximum atomic E-state index is 11.3. The van der Waals surface area contributed by atoms with Gasteiger partial charge in [0.25, 0.3) is 0 Å². The third-order valence-electron chi connectivity index (χ3n) is 2.25. The number of cyclic esters (lactones) is 2. The summed E-state index contributed by atoms with van der Waals surface area (Å²) in [6.07, 6.45) is 0.424. The third-order valence-corrected chi connectivity index (χ3v) is 2.25. The standard InChI is InChI=1S/C9H8O4/c1-5-3-9(7(10)12-5)4-6(2)13-8(9)11/h1-4H2. The summed E-state index contributed by atoms with van der Waals surface area (Å²) in [5.41, 5.74) is -1.17. The normalized spacial score (nSPS) is 25.2. The minimum atomic E-state index is -1.17. The molecule has 0 aromatic heterocycles. The Bertz CT molecular complexity index is 306. The van der Waals surface area contributed by atoms with Crippen LogP contribution in [0, 0.1) is 5.41 Å². The molecule has 0 aromatic carbocycles. The number of rotatable bonds is 0. The Morgan fingerprint density at radius 1 is 1.00 bits per heavy atom. The van der Waals surface area contributed by atoms with E-state index in [1.165, 1.54) is 0 Å². The topological polar surface area (TPSA) is 52.6 Å². The number of hydrogen-bond donors (Lipinski definition) is 0. The Morgan fingerprint density at radius 2 is 1.38 bits per heavy atom. The van der Waals surface area contributed by atoms with Gasteiger partial charge in [-0.2, -0.15) is 0 Å². The van der Waals surface area contributed by atoms with E-state index in [9.17, 15) is 9.59 Å². The van der Waals surface area contributed by atoms with E-state index in [1.807, 2.05) is 0 Å². The number of carbonyl (C=O) groups excluding carboxylic acids is 2. The van der Waals surface area contributed by atoms with Crippen molar-refractivity contribution in [3.05, 3.63) is 24.7 Å². The molecule has 0 aliphatic carbocycles. The van der Waals surface area contributed by atoms with E-state index in [-0.39, 0.29) is 12.8 Å². The average Bonchev–Trinajstić information content (AvgIpc) is 2.40. The molecule has 2 saturated heterocycles. The smallest absolute Gasteiger partial charge is 0.329 e. The molecule has 0 bridgehead atoms. The molecule has 2 rings (SSSR count). The predicted octanol–water partition coefficient (Wildman–Crippen LogP) is 0.894. The van der Waals surface area contributed by atoms with E-state index in [0.29, 0.717) is 11.5 Å². The van der Waals surface area contributed by atoms with Gasteiger partial charge in [0.15, 0.2) is 5.41 Å². The van der Waals surface area contributed by atoms with E-state index < -0.39 is 17.4 Å². The van der Waals surface area contributed by atoms with Crippen LogP contribution in [0.5, 0.6) is 0 Å². The molecule has 0 amide bonds. The highest BCUT2D eigenvalue weighted by atomic mass is 16.6. The molecule has 0 unspecified atom stereocenters. The average molecular weight is 180 g/mol. The first-order valence-corrected chi connectivity index (χ1v) is 3.85. The van der Waals surface area contributed by atoms with Crippen molar-refractivity contribution in [3.63, 3.8) is 0 Å². The molecular formula is C9H8O4. The van der Waals surface area contributed by atoms with Gasteiger partial charge < -0.3 is 9.47 Å². The summed E-state index contributed by atoms with van der Waals surface area (Å²) in [5.74, 6) is -0.504. The third kappa shape index (κ3) is 0.915. The molecule has 0 atom stereocenters. The van der Waals surface area contributed by atoms with Crippen molar-refractivity contribution in [2.45, 2.75) is 12.8 Å². The fraction of sp³-hybridized carbons (Fsp3) is 0.333. The summed E-state index contributed by atoms with van der Waals surface area (Å²) in [6, 6.07) is 0. The van der Waals surface area contributed by atoms with E-state index in [1.54, 1.807) is 0 Å². The van der Waals surface area contributed by atoms with Gasteiger partial charge in [0.2, 0.25) is 0 Å². The van der Waals surface area contributed by atoms with Gasteiger partial charge in [-0.1, -0.05) is 13.2 Å². The molecule has 0 aromatic rings. The maximum absolute atomic E-state index is 11.3. The second kappa shape index (κ2) is 2.22. The summed E-state index contributed by atoms with van der Waals surface area (Å²) in [7, 11) is 0. The number of esters is 2. The molecule has 2 fully saturated rings. The van der Waals surface area contributed by atoms with Crippen LogP contribution in [0.2, 0.25) is 0 Å². The SMILES string of the molecule is C=C1CC2(CC(=C)OC2=O)C(=O)O1. The first-order chi connectivity index (χ1) is 6.04. The molecular weight excluding hydrogens is 172 g/mol. The second-order valence-electron chi connectivity index (χ2n) is 3.29. The fourth-order valence-electron chi connectivity index (χ4n) is 1.64. The Hall–Kier alpha value is -1.58. The van der Waals surface area contributed by atoms with Crippen molar-refractivity contribution in [1.82, 2.24) is 0 Å². The van der Waals surface area contributed by atoms with Crippen molar-refractivity contribution in [2.24, 2.45) is 5.41 Å². The van der Waals surface area contributed by atoms with Crippen LogP contribution in [0.3, 0.4) is 0 Å². The minimum absolute atomic E-state index is 0.212. The van der Waals surface area contributed by atoms with E-state index in [0.717, 1.165) is 0 Å². The molecule has 68 valence electrons. The lowest BCUT2D eigenvalue weighted by Gasteiger charge is -2.08. The highest BCUT2D eigenvalue weighted by Crippen LogP contribution is 2.46. The van der Waals surface area contributed by atoms with E-state index >= 15 is 0 Å². The van der Waals surface area contributed by atoms with Crippen molar-refractivity contribution < 1.29 is 19.1 Å². The Kier molecular flexibility index (Phi) is 1.37. The molecule has 4 heteroatoms. The minimum Gasteiger partial charge on any atom is -0.431 e. The van der Waals surface area contributed by atoms with Gasteiger partial charge in [-0.15, -0.1) is 0 Å². The summed E-state index contributed by atoms with van der Waals surface area (Å²) in [5, 5.41) is 0. The number of allylic oxidation sites excluding steroid dienone is 2. The first kappa shape index (κ1) is 8.04. The second-order valence-corrected chi connectivity index (χ2v) is 3.29. The molecule has 1 spiro atoms. The Morgan fingerprint density at radius 3 is 1.62 bits per heavy atom. The summed E-state index contributed by atoms with van der Waals surface area (Å²) in [6.45, 7) is 7.01. The lowest BCUT2D eigenvalue weighted by Crippen LogP contribution is -2.31. The maximum Gasteiger partial charge on any atom is 0.329 e. The zero-order valence-corrected chi connectivity index (χ0v) is 6.96. The van der Waals surface area contributed by atoms with Crippen molar-refractivity contribution in [1.29, 1.82) is 0 Å². The van der Waals surface area contributed by atoms with Crippen molar-refractivity contribution >= 4 is 11.9 Å². The number of carbonyl (C=O) groups is 2. The number of ether oxygens (including phenoxy) is 2. The Labute approximate surface area is 74.8 Å². The number of hydrogen-bond acceptors (Lipinski definition) is 4. The van der Waals surface area contributed by atoms with Gasteiger partial charge in [-0.25, -0.2) is 0 Å². The van der Waals surface area contributed by atoms with Crippen LogP contribution in [-0.2, 0) is 19.1 Å². The summed E-state index contributed by atoms with van der Waals surface area (Å²) in [4.78, 5) is 22.7. The quantitative estimate of drug-likeness (QED) is 0.410. The lowest BCUT2D eigenvalue weighted by atomic mass is 9.84. The van der Waals surface area contributed by atoms with E-state index in [4.69, 9.17) is 9.47 Å². The van der Waals surface area contributed by atoms with Crippen molar-refractivity contribution in [2.75, 3.05) is 0 Å². The predicted molar refractivity (Wildman–Crippen MR) is 42.1 cm³/mol. The molecule has 2 aliphatic heterocycles. The summed E-state index contributed by atoms with van der Waals surface area (Å²) < 4.78 is 9.48. The molecule has 2 heterocycles. The largest absolute Gasteiger partial charge is 0.431 e. The van der Waals surface area contributed by atoms with Crippen LogP contribution in [0.1, 0.15) is 12.8 Å². The van der Waals surface area contributed by atoms with Crippen LogP contribution >= 0.6 is 0 Å². The highest BCUT2D eigenvalue weighted by Gasteiger charge is 2.58. The van der Waals surface area contributed by atoms with Gasteiger partial charge in [-0.05, 0) is 0 Å². The highest BCUT2D eigenvalue weighted by molar-refractivity contribution is 6.04. The van der Waals surface area contributed by atoms with Gasteiger partial charge >= 0.3 is 11.9 Å². The Balaban J connectivity index is 2.41. The zero-order chi connectivity index (χ0) is 9.64. The van der Waals surface area contributed by atoms with E-state index in [2.05, 4.69) is 13.2 Å². The summed E-state index contributed by atoms with van der Waals surface area (Å²) >= 11 is 0. The monoisotopic (exact) mass is 180 g/mol. The van der Waals surface area contributed by atoms with Crippen LogP contribution in [0.4, 0.5) is 0 Å². The van der Waals surface area contributed by atoms with Crippen LogP contribution in [0.15, 0.2) is 24.7 Å². The van der Waals surface area contributed by atoms with Gasteiger partial charge in [0.1, 0.15) is 11.5 Å². The zero-order valence-electron chi connectivity index (χ0n) is 6.96. The van der Waals surface area contributed by atoms with Gasteiger partial charge in [0.05, 0.1) is 0 Å². The van der Waals surface area contributed by atoms with Crippen LogP contribution in [-0.4, -0.2) is 11.9 Å². The fourth-order valence-corrected chi connectivity index (χ4v) is 1.64. The molecule has 0 radical (unpaired) electrons. The molecule has 0 N–H and O–H groups in total. The molecule has 4 nitrogen and oxygen atoms in total. The molecule has 0 saturated carbocycles. The van der Waals surface area contributed by atoms with Crippen molar-refractivity contribution in [3.8, 4) is 0 Å². The molecule has 2 aliphatic rings. The van der Waals surface area contributed by atoms with Crippen LogP contribution in [0.25, 0.3) is 0 Å². The van der Waals surface area contributed by atoms with Crippen LogP contribution < -0.4 is 0 Å². The molecule has 13 heavy (non-hydrogen) atoms. The lowest BCUT2D eigenvalue weighted by molar-refractivity contribution is -0.155. The first-order valence-electron chi connectivity index (χ1n) is 3.85.